The number of amides is 1. The Morgan fingerprint density at radius 3 is 2.41 bits per heavy atom. The lowest BCUT2D eigenvalue weighted by Crippen LogP contribution is -2.33. The van der Waals surface area contributed by atoms with Crippen LogP contribution in [0.25, 0.3) is 11.3 Å². The van der Waals surface area contributed by atoms with Crippen molar-refractivity contribution in [2.45, 2.75) is 44.4 Å². The molecule has 0 aliphatic rings. The molecular weight excluding hydrogens is 468 g/mol. The van der Waals surface area contributed by atoms with Crippen molar-refractivity contribution < 1.29 is 31.5 Å². The van der Waals surface area contributed by atoms with Crippen LogP contribution in [0, 0.1) is 0 Å². The number of alkyl halides is 2. The van der Waals surface area contributed by atoms with E-state index < -0.39 is 28.3 Å². The maximum atomic E-state index is 13.4. The van der Waals surface area contributed by atoms with E-state index in [9.17, 15) is 22.0 Å². The van der Waals surface area contributed by atoms with E-state index in [-0.39, 0.29) is 22.9 Å². The van der Waals surface area contributed by atoms with E-state index in [1.54, 1.807) is 26.8 Å². The number of hydrogen-bond acceptors (Lipinski definition) is 6. The summed E-state index contributed by atoms with van der Waals surface area (Å²) in [5, 5.41) is 0. The lowest BCUT2D eigenvalue weighted by molar-refractivity contribution is -0.0498. The molecule has 2 aromatic heterocycles. The van der Waals surface area contributed by atoms with E-state index in [1.807, 2.05) is 0 Å². The monoisotopic (exact) mass is 493 g/mol. The van der Waals surface area contributed by atoms with Gasteiger partial charge < -0.3 is 14.4 Å². The van der Waals surface area contributed by atoms with Crippen LogP contribution < -0.4 is 4.74 Å². The number of nitrogens with zero attached hydrogens (tertiary/aromatic N) is 3. The first-order valence-corrected chi connectivity index (χ1v) is 11.7. The fourth-order valence-corrected chi connectivity index (χ4v) is 4.45. The van der Waals surface area contributed by atoms with Crippen LogP contribution in [0.1, 0.15) is 26.3 Å². The molecule has 1 amide bonds. The number of hydrogen-bond donors (Lipinski definition) is 0. The third kappa shape index (κ3) is 6.10. The number of carbonyl (C=O) groups excluding carboxylic acids is 1. The van der Waals surface area contributed by atoms with Crippen LogP contribution in [0.5, 0.6) is 5.75 Å². The van der Waals surface area contributed by atoms with Gasteiger partial charge in [0.2, 0.25) is 0 Å². The second-order valence-corrected chi connectivity index (χ2v) is 10.3. The Bertz CT molecular complexity index is 1240. The van der Waals surface area contributed by atoms with Gasteiger partial charge in [0.1, 0.15) is 16.2 Å². The topological polar surface area (TPSA) is 90.7 Å². The third-order valence-corrected chi connectivity index (χ3v) is 6.19. The summed E-state index contributed by atoms with van der Waals surface area (Å²) in [6.07, 6.45) is 3.52. The number of halogens is 2. The normalized spacial score (nSPS) is 12.0. The van der Waals surface area contributed by atoms with E-state index in [4.69, 9.17) is 4.74 Å². The van der Waals surface area contributed by atoms with Gasteiger partial charge in [-0.1, -0.05) is 0 Å². The van der Waals surface area contributed by atoms with Crippen molar-refractivity contribution >= 4 is 16.1 Å². The van der Waals surface area contributed by atoms with Crippen molar-refractivity contribution in [3.63, 3.8) is 0 Å². The van der Waals surface area contributed by atoms with Crippen molar-refractivity contribution in [1.29, 1.82) is 0 Å². The van der Waals surface area contributed by atoms with Gasteiger partial charge >= 0.3 is 12.7 Å². The smallest absolute Gasteiger partial charge is 0.410 e. The van der Waals surface area contributed by atoms with Gasteiger partial charge in [-0.2, -0.15) is 8.78 Å². The van der Waals surface area contributed by atoms with Gasteiger partial charge in [-0.3, -0.25) is 4.98 Å². The van der Waals surface area contributed by atoms with Gasteiger partial charge in [0, 0.05) is 25.6 Å². The minimum atomic E-state index is -4.04. The zero-order valence-corrected chi connectivity index (χ0v) is 19.9. The molecule has 0 saturated carbocycles. The molecular formula is C23H25F2N3O5S. The van der Waals surface area contributed by atoms with Gasteiger partial charge in [0.05, 0.1) is 12.2 Å². The molecule has 0 atom stereocenters. The minimum Gasteiger partial charge on any atom is -0.444 e. The number of carbonyl (C=O) groups is 1. The Morgan fingerprint density at radius 1 is 1.18 bits per heavy atom. The highest BCUT2D eigenvalue weighted by atomic mass is 32.2. The molecule has 2 heterocycles. The van der Waals surface area contributed by atoms with E-state index in [0.717, 1.165) is 3.97 Å². The molecule has 0 radical (unpaired) electrons. The van der Waals surface area contributed by atoms with Crippen molar-refractivity contribution in [3.8, 4) is 17.0 Å². The summed E-state index contributed by atoms with van der Waals surface area (Å²) >= 11 is 0. The van der Waals surface area contributed by atoms with Gasteiger partial charge in [-0.15, -0.1) is 0 Å². The van der Waals surface area contributed by atoms with Crippen LogP contribution in [0.2, 0.25) is 0 Å². The van der Waals surface area contributed by atoms with Crippen LogP contribution in [-0.4, -0.2) is 47.6 Å². The highest BCUT2D eigenvalue weighted by Gasteiger charge is 2.24. The Balaban J connectivity index is 2.01. The molecule has 0 unspecified atom stereocenters. The molecule has 0 N–H and O–H groups in total. The summed E-state index contributed by atoms with van der Waals surface area (Å²) in [7, 11) is -2.50. The summed E-state index contributed by atoms with van der Waals surface area (Å²) in [5.41, 5.74) is 0.553. The molecule has 3 aromatic rings. The fourth-order valence-electron chi connectivity index (χ4n) is 3.09. The first-order chi connectivity index (χ1) is 15.9. The average Bonchev–Trinajstić information content (AvgIpc) is 3.18. The largest absolute Gasteiger partial charge is 0.444 e. The zero-order chi connectivity index (χ0) is 25.1. The maximum absolute atomic E-state index is 13.4. The van der Waals surface area contributed by atoms with Crippen molar-refractivity contribution in [3.05, 3.63) is 66.6 Å². The summed E-state index contributed by atoms with van der Waals surface area (Å²) in [5.74, 6) is -0.0585. The number of aromatic nitrogens is 2. The maximum Gasteiger partial charge on any atom is 0.410 e. The summed E-state index contributed by atoms with van der Waals surface area (Å²) in [6.45, 7) is 2.33. The molecule has 11 heteroatoms. The van der Waals surface area contributed by atoms with Gasteiger partial charge in [-0.05, 0) is 74.4 Å². The molecule has 0 aliphatic heterocycles. The molecule has 0 fully saturated rings. The van der Waals surface area contributed by atoms with Gasteiger partial charge in [0.15, 0.2) is 0 Å². The Kier molecular flexibility index (Phi) is 7.25. The van der Waals surface area contributed by atoms with Gasteiger partial charge in [-0.25, -0.2) is 17.2 Å². The number of ether oxygens (including phenoxy) is 2. The molecule has 3 rings (SSSR count). The number of rotatable bonds is 7. The molecule has 0 saturated heterocycles. The quantitative estimate of drug-likeness (QED) is 0.472. The Morgan fingerprint density at radius 2 is 1.85 bits per heavy atom. The van der Waals surface area contributed by atoms with E-state index >= 15 is 0 Å². The van der Waals surface area contributed by atoms with Crippen LogP contribution in [0.15, 0.2) is 66.0 Å². The predicted molar refractivity (Wildman–Crippen MR) is 121 cm³/mol. The fraction of sp³-hybridized carbons (Fsp3) is 0.304. The number of benzene rings is 1. The van der Waals surface area contributed by atoms with Crippen LogP contribution >= 0.6 is 0 Å². The van der Waals surface area contributed by atoms with Crippen LogP contribution in [0.3, 0.4) is 0 Å². The Hall–Kier alpha value is -3.47. The lowest BCUT2D eigenvalue weighted by atomic mass is 10.1. The van der Waals surface area contributed by atoms with E-state index in [0.29, 0.717) is 11.1 Å². The first-order valence-electron chi connectivity index (χ1n) is 10.2. The standard InChI is InChI=1S/C23H25F2N3O5S/c1-23(2,3)33-22(29)27(4)14-16-12-20(17-7-9-18(10-8-17)32-21(24)25)28(15-16)34(30,31)19-6-5-11-26-13-19/h5-13,15,21H,14H2,1-4H3. The molecule has 0 aliphatic carbocycles. The predicted octanol–water partition coefficient (Wildman–Crippen LogP) is 4.76. The highest BCUT2D eigenvalue weighted by molar-refractivity contribution is 7.90. The molecule has 34 heavy (non-hydrogen) atoms. The van der Waals surface area contributed by atoms with E-state index in [1.165, 1.54) is 66.9 Å². The third-order valence-electron chi connectivity index (χ3n) is 4.53. The highest BCUT2D eigenvalue weighted by Crippen LogP contribution is 2.29. The lowest BCUT2D eigenvalue weighted by Gasteiger charge is -2.24. The SMILES string of the molecule is CN(Cc1cc(-c2ccc(OC(F)F)cc2)n(S(=O)(=O)c2cccnc2)c1)C(=O)OC(C)(C)C. The second-order valence-electron chi connectivity index (χ2n) is 8.46. The second kappa shape index (κ2) is 9.80. The number of pyridine rings is 1. The van der Waals surface area contributed by atoms with E-state index in [2.05, 4.69) is 9.72 Å². The molecule has 182 valence electrons. The van der Waals surface area contributed by atoms with Crippen molar-refractivity contribution in [1.82, 2.24) is 13.9 Å². The van der Waals surface area contributed by atoms with Crippen LogP contribution in [-0.2, 0) is 21.3 Å². The zero-order valence-electron chi connectivity index (χ0n) is 19.1. The van der Waals surface area contributed by atoms with Crippen molar-refractivity contribution in [2.75, 3.05) is 7.05 Å². The summed E-state index contributed by atoms with van der Waals surface area (Å²) in [4.78, 5) is 17.5. The summed E-state index contributed by atoms with van der Waals surface area (Å²) < 4.78 is 62.5. The van der Waals surface area contributed by atoms with Crippen molar-refractivity contribution in [2.24, 2.45) is 0 Å². The average molecular weight is 494 g/mol. The molecule has 0 spiro atoms. The van der Waals surface area contributed by atoms with Gasteiger partial charge in [0.25, 0.3) is 10.0 Å². The van der Waals surface area contributed by atoms with Crippen LogP contribution in [0.4, 0.5) is 13.6 Å². The molecule has 0 bridgehead atoms. The summed E-state index contributed by atoms with van der Waals surface area (Å²) in [6, 6.07) is 10.1. The molecule has 8 nitrogen and oxygen atoms in total. The Labute approximate surface area is 196 Å². The first kappa shape index (κ1) is 25.2. The minimum absolute atomic E-state index is 0.0310. The molecule has 1 aromatic carbocycles.